The molecule has 0 saturated heterocycles. The predicted octanol–water partition coefficient (Wildman–Crippen LogP) is 1.63. The zero-order chi connectivity index (χ0) is 18.7. The smallest absolute Gasteiger partial charge is 0.336 e. The number of benzene rings is 1. The third kappa shape index (κ3) is 6.51. The van der Waals surface area contributed by atoms with E-state index in [1.165, 1.54) is 6.07 Å². The number of ether oxygens (including phenoxy) is 6. The van der Waals surface area contributed by atoms with Gasteiger partial charge in [0.05, 0.1) is 52.9 Å². The molecule has 0 bridgehead atoms. The molecule has 2 aromatic rings. The summed E-state index contributed by atoms with van der Waals surface area (Å²) in [5, 5.41) is 0.752. The van der Waals surface area contributed by atoms with Crippen LogP contribution >= 0.6 is 0 Å². The Morgan fingerprint density at radius 3 is 1.63 bits per heavy atom. The second kappa shape index (κ2) is 10.9. The Bertz CT molecular complexity index is 757. The molecule has 0 atom stereocenters. The van der Waals surface area contributed by atoms with Crippen LogP contribution in [0.5, 0.6) is 11.5 Å². The topological polar surface area (TPSA) is 85.6 Å². The first-order valence-electron chi connectivity index (χ1n) is 8.97. The van der Waals surface area contributed by atoms with Gasteiger partial charge in [-0.3, -0.25) is 0 Å². The fraction of sp³-hybridized carbons (Fsp3) is 0.526. The van der Waals surface area contributed by atoms with Gasteiger partial charge in [0.25, 0.3) is 0 Å². The van der Waals surface area contributed by atoms with E-state index in [2.05, 4.69) is 0 Å². The largest absolute Gasteiger partial charge is 0.487 e. The van der Waals surface area contributed by atoms with Crippen LogP contribution in [0.4, 0.5) is 0 Å². The summed E-state index contributed by atoms with van der Waals surface area (Å²) in [6.07, 6.45) is 0. The Morgan fingerprint density at radius 1 is 0.593 bits per heavy atom. The molecule has 1 aliphatic heterocycles. The summed E-state index contributed by atoms with van der Waals surface area (Å²) in [6.45, 7) is 4.52. The average molecular weight is 380 g/mol. The maximum Gasteiger partial charge on any atom is 0.336 e. The molecule has 0 saturated carbocycles. The normalized spacial score (nSPS) is 18.5. The molecule has 1 aliphatic rings. The molecule has 0 spiro atoms. The SMILES string of the molecule is O=c1ccc2cc3c(cc2o1)OCCOCCOCCOCCOCCO3. The van der Waals surface area contributed by atoms with E-state index < -0.39 is 5.63 Å². The molecule has 0 fully saturated rings. The molecule has 0 unspecified atom stereocenters. The van der Waals surface area contributed by atoms with Gasteiger partial charge < -0.3 is 32.8 Å². The van der Waals surface area contributed by atoms with E-state index in [0.29, 0.717) is 83.2 Å². The van der Waals surface area contributed by atoms with Gasteiger partial charge in [-0.25, -0.2) is 4.79 Å². The fourth-order valence-electron chi connectivity index (χ4n) is 2.48. The van der Waals surface area contributed by atoms with Gasteiger partial charge in [0, 0.05) is 17.5 Å². The maximum absolute atomic E-state index is 11.4. The molecule has 1 aromatic carbocycles. The summed E-state index contributed by atoms with van der Waals surface area (Å²) >= 11 is 0. The van der Waals surface area contributed by atoms with Crippen LogP contribution in [0.2, 0.25) is 0 Å². The van der Waals surface area contributed by atoms with Gasteiger partial charge in [0.2, 0.25) is 0 Å². The van der Waals surface area contributed by atoms with E-state index in [0.717, 1.165) is 5.39 Å². The van der Waals surface area contributed by atoms with Crippen molar-refractivity contribution in [2.75, 3.05) is 66.1 Å². The minimum absolute atomic E-state index is 0.332. The predicted molar refractivity (Wildman–Crippen MR) is 96.8 cm³/mol. The second-order valence-electron chi connectivity index (χ2n) is 5.74. The second-order valence-corrected chi connectivity index (χ2v) is 5.74. The molecule has 2 heterocycles. The Kier molecular flexibility index (Phi) is 7.91. The molecule has 8 heteroatoms. The van der Waals surface area contributed by atoms with Crippen molar-refractivity contribution in [2.24, 2.45) is 0 Å². The molecule has 0 amide bonds. The van der Waals surface area contributed by atoms with Gasteiger partial charge in [-0.2, -0.15) is 0 Å². The van der Waals surface area contributed by atoms with E-state index in [-0.39, 0.29) is 0 Å². The van der Waals surface area contributed by atoms with Crippen LogP contribution in [-0.4, -0.2) is 66.1 Å². The van der Waals surface area contributed by atoms with E-state index in [1.807, 2.05) is 0 Å². The van der Waals surface area contributed by atoms with Crippen LogP contribution in [0.1, 0.15) is 0 Å². The van der Waals surface area contributed by atoms with Gasteiger partial charge >= 0.3 is 5.63 Å². The molecule has 148 valence electrons. The van der Waals surface area contributed by atoms with Crippen molar-refractivity contribution >= 4 is 11.0 Å². The molecule has 3 rings (SSSR count). The van der Waals surface area contributed by atoms with Crippen LogP contribution in [0.3, 0.4) is 0 Å². The monoisotopic (exact) mass is 380 g/mol. The van der Waals surface area contributed by atoms with Crippen molar-refractivity contribution in [3.63, 3.8) is 0 Å². The summed E-state index contributed by atoms with van der Waals surface area (Å²) in [4.78, 5) is 11.4. The highest BCUT2D eigenvalue weighted by Crippen LogP contribution is 2.32. The van der Waals surface area contributed by atoms with E-state index in [1.54, 1.807) is 18.2 Å². The van der Waals surface area contributed by atoms with Crippen LogP contribution in [-0.2, 0) is 18.9 Å². The zero-order valence-corrected chi connectivity index (χ0v) is 15.1. The molecule has 8 nitrogen and oxygen atoms in total. The highest BCUT2D eigenvalue weighted by Gasteiger charge is 2.10. The molecule has 0 N–H and O–H groups in total. The molecular weight excluding hydrogens is 356 g/mol. The third-order valence-electron chi connectivity index (χ3n) is 3.77. The molecule has 0 aliphatic carbocycles. The van der Waals surface area contributed by atoms with E-state index in [9.17, 15) is 4.79 Å². The Labute approximate surface area is 156 Å². The van der Waals surface area contributed by atoms with Crippen molar-refractivity contribution in [2.45, 2.75) is 0 Å². The summed E-state index contributed by atoms with van der Waals surface area (Å²) < 4.78 is 38.6. The average Bonchev–Trinajstić information content (AvgIpc) is 2.67. The van der Waals surface area contributed by atoms with Gasteiger partial charge in [0.1, 0.15) is 18.8 Å². The minimum atomic E-state index is -0.414. The van der Waals surface area contributed by atoms with Crippen molar-refractivity contribution in [1.29, 1.82) is 0 Å². The number of hydrogen-bond donors (Lipinski definition) is 0. The molecule has 0 radical (unpaired) electrons. The lowest BCUT2D eigenvalue weighted by Gasteiger charge is -2.14. The number of hydrogen-bond acceptors (Lipinski definition) is 8. The van der Waals surface area contributed by atoms with Crippen LogP contribution in [0, 0.1) is 0 Å². The Hall–Kier alpha value is -2.13. The molecule has 27 heavy (non-hydrogen) atoms. The Morgan fingerprint density at radius 2 is 1.07 bits per heavy atom. The quantitative estimate of drug-likeness (QED) is 0.638. The third-order valence-corrected chi connectivity index (χ3v) is 3.77. The van der Waals surface area contributed by atoms with Gasteiger partial charge in [-0.15, -0.1) is 0 Å². The fourth-order valence-corrected chi connectivity index (χ4v) is 2.48. The molecule has 1 aromatic heterocycles. The standard InChI is InChI=1S/C19H24O8/c20-19-2-1-15-13-17-18(14-16(15)27-19)26-12-10-24-8-6-22-4-3-21-5-7-23-9-11-25-17/h1-2,13-14H,3-12H2. The summed E-state index contributed by atoms with van der Waals surface area (Å²) in [7, 11) is 0. The van der Waals surface area contributed by atoms with Crippen molar-refractivity contribution in [1.82, 2.24) is 0 Å². The molecular formula is C19H24O8. The lowest BCUT2D eigenvalue weighted by Crippen LogP contribution is -2.16. The van der Waals surface area contributed by atoms with Gasteiger partial charge in [0.15, 0.2) is 11.5 Å². The first kappa shape index (κ1) is 19.6. The minimum Gasteiger partial charge on any atom is -0.487 e. The zero-order valence-electron chi connectivity index (χ0n) is 15.1. The van der Waals surface area contributed by atoms with Crippen molar-refractivity contribution in [3.8, 4) is 11.5 Å². The van der Waals surface area contributed by atoms with E-state index in [4.69, 9.17) is 32.8 Å². The van der Waals surface area contributed by atoms with Crippen molar-refractivity contribution < 1.29 is 32.8 Å². The first-order chi connectivity index (χ1) is 13.3. The highest BCUT2D eigenvalue weighted by atomic mass is 16.6. The van der Waals surface area contributed by atoms with Crippen molar-refractivity contribution in [3.05, 3.63) is 34.7 Å². The van der Waals surface area contributed by atoms with Gasteiger partial charge in [-0.1, -0.05) is 0 Å². The summed E-state index contributed by atoms with van der Waals surface area (Å²) in [6, 6.07) is 6.49. The van der Waals surface area contributed by atoms with Crippen LogP contribution in [0.15, 0.2) is 33.5 Å². The number of rotatable bonds is 0. The lowest BCUT2D eigenvalue weighted by molar-refractivity contribution is -0.00840. The van der Waals surface area contributed by atoms with Crippen LogP contribution in [0.25, 0.3) is 11.0 Å². The lowest BCUT2D eigenvalue weighted by atomic mass is 10.2. The van der Waals surface area contributed by atoms with Crippen LogP contribution < -0.4 is 15.1 Å². The first-order valence-corrected chi connectivity index (χ1v) is 8.97. The maximum atomic E-state index is 11.4. The summed E-state index contributed by atoms with van der Waals surface area (Å²) in [5.74, 6) is 1.04. The number of fused-ring (bicyclic) bond motifs is 2. The Balaban J connectivity index is 1.68. The van der Waals surface area contributed by atoms with E-state index >= 15 is 0 Å². The van der Waals surface area contributed by atoms with Gasteiger partial charge in [-0.05, 0) is 12.1 Å². The highest BCUT2D eigenvalue weighted by molar-refractivity contribution is 5.80. The summed E-state index contributed by atoms with van der Waals surface area (Å²) in [5.41, 5.74) is 0.0252.